The summed E-state index contributed by atoms with van der Waals surface area (Å²) in [6.07, 6.45) is 5.21. The lowest BCUT2D eigenvalue weighted by Gasteiger charge is -2.03. The average molecular weight is 448 g/mol. The van der Waals surface area contributed by atoms with Gasteiger partial charge in [0.15, 0.2) is 17.3 Å². The molecule has 0 bridgehead atoms. The maximum atomic E-state index is 12.5. The second kappa shape index (κ2) is 7.52. The van der Waals surface area contributed by atoms with E-state index >= 15 is 0 Å². The van der Waals surface area contributed by atoms with E-state index < -0.39 is 5.97 Å². The van der Waals surface area contributed by atoms with Crippen LogP contribution in [0, 0.1) is 0 Å². The molecule has 0 saturated heterocycles. The lowest BCUT2D eigenvalue weighted by Crippen LogP contribution is -2.08. The SMILES string of the molecule is O=C(O)c1ccccc1C(=O)C(I)=CC=Cc1ccc2c(c1)OCO2. The Balaban J connectivity index is 1.77. The fourth-order valence-electron chi connectivity index (χ4n) is 2.33. The van der Waals surface area contributed by atoms with E-state index in [0.717, 1.165) is 5.56 Å². The number of hydrogen-bond acceptors (Lipinski definition) is 4. The van der Waals surface area contributed by atoms with Crippen molar-refractivity contribution < 1.29 is 24.2 Å². The summed E-state index contributed by atoms with van der Waals surface area (Å²) in [6.45, 7) is 0.220. The number of carboxylic acid groups (broad SMARTS) is 1. The number of ketones is 1. The first-order valence-electron chi connectivity index (χ1n) is 7.37. The lowest BCUT2D eigenvalue weighted by molar-refractivity contribution is 0.0693. The zero-order chi connectivity index (χ0) is 17.8. The predicted molar refractivity (Wildman–Crippen MR) is 101 cm³/mol. The molecule has 25 heavy (non-hydrogen) atoms. The number of carboxylic acids is 1. The molecule has 0 fully saturated rings. The summed E-state index contributed by atoms with van der Waals surface area (Å²) < 4.78 is 11.0. The summed E-state index contributed by atoms with van der Waals surface area (Å²) in [7, 11) is 0. The Morgan fingerprint density at radius 3 is 2.52 bits per heavy atom. The van der Waals surface area contributed by atoms with Gasteiger partial charge in [-0.1, -0.05) is 36.4 Å². The molecule has 0 aromatic heterocycles. The molecule has 0 unspecified atom stereocenters. The van der Waals surface area contributed by atoms with Crippen molar-refractivity contribution in [3.05, 3.63) is 74.9 Å². The fourth-order valence-corrected chi connectivity index (χ4v) is 2.83. The van der Waals surface area contributed by atoms with Gasteiger partial charge in [0.25, 0.3) is 0 Å². The van der Waals surface area contributed by atoms with Crippen LogP contribution >= 0.6 is 22.6 Å². The van der Waals surface area contributed by atoms with E-state index in [9.17, 15) is 14.7 Å². The van der Waals surface area contributed by atoms with Crippen molar-refractivity contribution in [2.75, 3.05) is 6.79 Å². The molecule has 0 saturated carbocycles. The average Bonchev–Trinajstić information content (AvgIpc) is 3.08. The van der Waals surface area contributed by atoms with Gasteiger partial charge in [-0.25, -0.2) is 4.79 Å². The molecule has 0 radical (unpaired) electrons. The quantitative estimate of drug-likeness (QED) is 0.319. The standard InChI is InChI=1S/C19H13IO5/c20-15(18(21)13-5-1-2-6-14(13)19(22)23)7-3-4-12-8-9-16-17(10-12)25-11-24-16/h1-10H,11H2,(H,22,23). The highest BCUT2D eigenvalue weighted by Gasteiger charge is 2.17. The Labute approximate surface area is 157 Å². The van der Waals surface area contributed by atoms with Crippen LogP contribution < -0.4 is 9.47 Å². The summed E-state index contributed by atoms with van der Waals surface area (Å²) in [4.78, 5) is 23.7. The van der Waals surface area contributed by atoms with Crippen LogP contribution in [0.4, 0.5) is 0 Å². The van der Waals surface area contributed by atoms with Crippen molar-refractivity contribution in [3.63, 3.8) is 0 Å². The first-order valence-corrected chi connectivity index (χ1v) is 8.44. The number of Topliss-reactive ketones (excluding diaryl/α,β-unsaturated/α-hetero) is 1. The molecule has 1 aliphatic rings. The number of fused-ring (bicyclic) bond motifs is 1. The van der Waals surface area contributed by atoms with Gasteiger partial charge >= 0.3 is 5.97 Å². The molecular formula is C19H13IO5. The molecule has 126 valence electrons. The number of hydrogen-bond donors (Lipinski definition) is 1. The van der Waals surface area contributed by atoms with Gasteiger partial charge in [0, 0.05) is 5.56 Å². The molecule has 0 spiro atoms. The van der Waals surface area contributed by atoms with E-state index in [1.807, 2.05) is 46.9 Å². The number of carbonyl (C=O) groups is 2. The summed E-state index contributed by atoms with van der Waals surface area (Å²) in [5.74, 6) is -0.0481. The minimum atomic E-state index is -1.12. The molecule has 2 aromatic rings. The predicted octanol–water partition coefficient (Wildman–Crippen LogP) is 4.33. The minimum Gasteiger partial charge on any atom is -0.478 e. The van der Waals surface area contributed by atoms with Gasteiger partial charge in [-0.2, -0.15) is 0 Å². The molecular weight excluding hydrogens is 435 g/mol. The van der Waals surface area contributed by atoms with Crippen LogP contribution in [0.25, 0.3) is 6.08 Å². The zero-order valence-corrected chi connectivity index (χ0v) is 15.1. The molecule has 6 heteroatoms. The van der Waals surface area contributed by atoms with Crippen LogP contribution in [-0.4, -0.2) is 23.7 Å². The van der Waals surface area contributed by atoms with Gasteiger partial charge in [-0.05, 0) is 52.4 Å². The normalized spacial score (nSPS) is 13.2. The van der Waals surface area contributed by atoms with Gasteiger partial charge in [-0.3, -0.25) is 4.79 Å². The number of ether oxygens (including phenoxy) is 2. The maximum absolute atomic E-state index is 12.5. The first-order chi connectivity index (χ1) is 12.1. The van der Waals surface area contributed by atoms with E-state index in [4.69, 9.17) is 9.47 Å². The Kier molecular flexibility index (Phi) is 5.18. The second-order valence-corrected chi connectivity index (χ2v) is 6.33. The first kappa shape index (κ1) is 17.2. The molecule has 2 aromatic carbocycles. The highest BCUT2D eigenvalue weighted by molar-refractivity contribution is 14.1. The largest absolute Gasteiger partial charge is 0.478 e. The summed E-state index contributed by atoms with van der Waals surface area (Å²) in [5.41, 5.74) is 1.07. The molecule has 0 atom stereocenters. The van der Waals surface area contributed by atoms with E-state index in [2.05, 4.69) is 0 Å². The highest BCUT2D eigenvalue weighted by Crippen LogP contribution is 2.32. The maximum Gasteiger partial charge on any atom is 0.336 e. The molecule has 0 amide bonds. The van der Waals surface area contributed by atoms with Crippen LogP contribution in [0.2, 0.25) is 0 Å². The number of aromatic carboxylic acids is 1. The molecule has 0 aliphatic carbocycles. The summed E-state index contributed by atoms with van der Waals surface area (Å²) in [5, 5.41) is 9.19. The number of carbonyl (C=O) groups excluding carboxylic acids is 1. The Hall–Kier alpha value is -2.61. The molecule has 1 heterocycles. The van der Waals surface area contributed by atoms with E-state index in [0.29, 0.717) is 15.1 Å². The summed E-state index contributed by atoms with van der Waals surface area (Å²) >= 11 is 1.91. The van der Waals surface area contributed by atoms with Crippen molar-refractivity contribution in [1.29, 1.82) is 0 Å². The monoisotopic (exact) mass is 448 g/mol. The van der Waals surface area contributed by atoms with E-state index in [-0.39, 0.29) is 23.7 Å². The third-order valence-corrected chi connectivity index (χ3v) is 4.40. The third-order valence-electron chi connectivity index (χ3n) is 3.55. The molecule has 1 N–H and O–H groups in total. The number of halogens is 1. The van der Waals surface area contributed by atoms with Crippen molar-refractivity contribution >= 4 is 40.4 Å². The van der Waals surface area contributed by atoms with Crippen molar-refractivity contribution in [1.82, 2.24) is 0 Å². The van der Waals surface area contributed by atoms with Crippen molar-refractivity contribution in [3.8, 4) is 11.5 Å². The van der Waals surface area contributed by atoms with Crippen molar-refractivity contribution in [2.45, 2.75) is 0 Å². The Morgan fingerprint density at radius 2 is 1.76 bits per heavy atom. The Bertz CT molecular complexity index is 898. The second-order valence-electron chi connectivity index (χ2n) is 5.17. The van der Waals surface area contributed by atoms with E-state index in [1.165, 1.54) is 12.1 Å². The Morgan fingerprint density at radius 1 is 1.04 bits per heavy atom. The van der Waals surface area contributed by atoms with E-state index in [1.54, 1.807) is 24.3 Å². The van der Waals surface area contributed by atoms with Gasteiger partial charge < -0.3 is 14.6 Å². The van der Waals surface area contributed by atoms with Gasteiger partial charge in [0.2, 0.25) is 6.79 Å². The van der Waals surface area contributed by atoms with Crippen LogP contribution in [-0.2, 0) is 0 Å². The highest BCUT2D eigenvalue weighted by atomic mass is 127. The van der Waals surface area contributed by atoms with Crippen LogP contribution in [0.1, 0.15) is 26.3 Å². The summed E-state index contributed by atoms with van der Waals surface area (Å²) in [6, 6.07) is 11.7. The van der Waals surface area contributed by atoms with Gasteiger partial charge in [-0.15, -0.1) is 0 Å². The van der Waals surface area contributed by atoms with Gasteiger partial charge in [0.05, 0.1) is 9.14 Å². The zero-order valence-electron chi connectivity index (χ0n) is 12.9. The molecule has 1 aliphatic heterocycles. The number of benzene rings is 2. The molecule has 5 nitrogen and oxygen atoms in total. The van der Waals surface area contributed by atoms with Crippen LogP contribution in [0.5, 0.6) is 11.5 Å². The molecule has 3 rings (SSSR count). The van der Waals surface area contributed by atoms with Crippen molar-refractivity contribution in [2.24, 2.45) is 0 Å². The lowest BCUT2D eigenvalue weighted by atomic mass is 10.0. The van der Waals surface area contributed by atoms with Crippen LogP contribution in [0.3, 0.4) is 0 Å². The van der Waals surface area contributed by atoms with Gasteiger partial charge in [0.1, 0.15) is 0 Å². The smallest absolute Gasteiger partial charge is 0.336 e. The number of allylic oxidation sites excluding steroid dienone is 3. The number of rotatable bonds is 5. The van der Waals surface area contributed by atoms with Crippen LogP contribution in [0.15, 0.2) is 58.2 Å². The minimum absolute atomic E-state index is 0.00480. The fraction of sp³-hybridized carbons (Fsp3) is 0.0526. The third kappa shape index (κ3) is 3.90. The topological polar surface area (TPSA) is 72.8 Å².